The van der Waals surface area contributed by atoms with Gasteiger partial charge in [-0.3, -0.25) is 9.36 Å². The van der Waals surface area contributed by atoms with E-state index in [1.54, 1.807) is 12.5 Å². The molecule has 1 aromatic carbocycles. The van der Waals surface area contributed by atoms with Crippen LogP contribution in [0.2, 0.25) is 0 Å². The number of pyridine rings is 1. The van der Waals surface area contributed by atoms with Crippen LogP contribution in [0.25, 0.3) is 16.9 Å². The molecule has 0 spiro atoms. The van der Waals surface area contributed by atoms with E-state index in [1.807, 2.05) is 41.0 Å². The van der Waals surface area contributed by atoms with Crippen molar-refractivity contribution in [2.45, 2.75) is 39.2 Å². The SMILES string of the molecule is C[C@H]1[C@H](C)CCC[C@@H]1NC(=O)c1ccc(-n2cnc3cccnc32)cc1. The van der Waals surface area contributed by atoms with E-state index in [-0.39, 0.29) is 11.9 Å². The highest BCUT2D eigenvalue weighted by molar-refractivity contribution is 5.94. The van der Waals surface area contributed by atoms with E-state index in [1.165, 1.54) is 12.8 Å². The molecule has 2 aromatic heterocycles. The number of carbonyl (C=O) groups is 1. The molecule has 1 fully saturated rings. The average Bonchev–Trinajstić information content (AvgIpc) is 3.10. The summed E-state index contributed by atoms with van der Waals surface area (Å²) in [6, 6.07) is 11.7. The Kier molecular flexibility index (Phi) is 4.45. The molecule has 1 N–H and O–H groups in total. The van der Waals surface area contributed by atoms with Gasteiger partial charge in [0.1, 0.15) is 11.8 Å². The molecule has 26 heavy (non-hydrogen) atoms. The highest BCUT2D eigenvalue weighted by Crippen LogP contribution is 2.29. The van der Waals surface area contributed by atoms with Crippen LogP contribution in [-0.2, 0) is 0 Å². The summed E-state index contributed by atoms with van der Waals surface area (Å²) in [7, 11) is 0. The van der Waals surface area contributed by atoms with Gasteiger partial charge in [0.15, 0.2) is 5.65 Å². The molecule has 1 amide bonds. The van der Waals surface area contributed by atoms with Crippen molar-refractivity contribution in [1.29, 1.82) is 0 Å². The summed E-state index contributed by atoms with van der Waals surface area (Å²) >= 11 is 0. The van der Waals surface area contributed by atoms with Gasteiger partial charge in [0.25, 0.3) is 5.91 Å². The molecule has 0 bridgehead atoms. The minimum Gasteiger partial charge on any atom is -0.349 e. The van der Waals surface area contributed by atoms with Gasteiger partial charge in [-0.05, 0) is 54.7 Å². The first kappa shape index (κ1) is 16.8. The maximum Gasteiger partial charge on any atom is 0.251 e. The molecule has 0 unspecified atom stereocenters. The van der Waals surface area contributed by atoms with E-state index in [4.69, 9.17) is 0 Å². The Bertz CT molecular complexity index is 915. The van der Waals surface area contributed by atoms with E-state index >= 15 is 0 Å². The fourth-order valence-electron chi connectivity index (χ4n) is 3.85. The number of fused-ring (bicyclic) bond motifs is 1. The molecule has 134 valence electrons. The largest absolute Gasteiger partial charge is 0.349 e. The number of nitrogens with one attached hydrogen (secondary N) is 1. The quantitative estimate of drug-likeness (QED) is 0.779. The second-order valence-electron chi connectivity index (χ2n) is 7.35. The minimum atomic E-state index is 0.0103. The zero-order valence-corrected chi connectivity index (χ0v) is 15.2. The molecule has 1 aliphatic rings. The predicted octanol–water partition coefficient (Wildman–Crippen LogP) is 3.98. The van der Waals surface area contributed by atoms with Gasteiger partial charge in [-0.15, -0.1) is 0 Å². The molecule has 4 rings (SSSR count). The van der Waals surface area contributed by atoms with Crippen LogP contribution in [0.1, 0.15) is 43.5 Å². The lowest BCUT2D eigenvalue weighted by Gasteiger charge is -2.34. The number of hydrogen-bond acceptors (Lipinski definition) is 3. The number of aromatic nitrogens is 3. The molecule has 1 aliphatic carbocycles. The van der Waals surface area contributed by atoms with E-state index in [0.717, 1.165) is 23.3 Å². The normalized spacial score (nSPS) is 23.1. The Hall–Kier alpha value is -2.69. The van der Waals surface area contributed by atoms with Gasteiger partial charge in [-0.2, -0.15) is 0 Å². The van der Waals surface area contributed by atoms with Gasteiger partial charge in [0.2, 0.25) is 0 Å². The summed E-state index contributed by atoms with van der Waals surface area (Å²) in [5, 5.41) is 3.23. The highest BCUT2D eigenvalue weighted by atomic mass is 16.1. The number of benzene rings is 1. The van der Waals surface area contributed by atoms with Crippen LogP contribution in [0.3, 0.4) is 0 Å². The van der Waals surface area contributed by atoms with Gasteiger partial charge in [-0.1, -0.05) is 26.7 Å². The van der Waals surface area contributed by atoms with E-state index in [2.05, 4.69) is 29.1 Å². The third kappa shape index (κ3) is 3.09. The molecule has 0 aliphatic heterocycles. The lowest BCUT2D eigenvalue weighted by Crippen LogP contribution is -2.43. The van der Waals surface area contributed by atoms with Crippen LogP contribution in [-0.4, -0.2) is 26.5 Å². The fraction of sp³-hybridized carbons (Fsp3) is 0.381. The first-order valence-electron chi connectivity index (χ1n) is 9.33. The predicted molar refractivity (Wildman–Crippen MR) is 102 cm³/mol. The summed E-state index contributed by atoms with van der Waals surface area (Å²) in [4.78, 5) is 21.4. The maximum absolute atomic E-state index is 12.6. The van der Waals surface area contributed by atoms with Gasteiger partial charge in [-0.25, -0.2) is 9.97 Å². The summed E-state index contributed by atoms with van der Waals surface area (Å²) in [6.45, 7) is 4.52. The molecule has 3 aromatic rings. The van der Waals surface area contributed by atoms with Gasteiger partial charge < -0.3 is 5.32 Å². The number of rotatable bonds is 3. The zero-order valence-electron chi connectivity index (χ0n) is 15.2. The minimum absolute atomic E-state index is 0.0103. The topological polar surface area (TPSA) is 59.8 Å². The zero-order chi connectivity index (χ0) is 18.1. The Morgan fingerprint density at radius 2 is 1.92 bits per heavy atom. The Morgan fingerprint density at radius 3 is 2.73 bits per heavy atom. The number of amides is 1. The number of carbonyl (C=O) groups excluding carboxylic acids is 1. The first-order chi connectivity index (χ1) is 12.6. The van der Waals surface area contributed by atoms with Crippen LogP contribution in [0.15, 0.2) is 48.9 Å². The van der Waals surface area contributed by atoms with Crippen molar-refractivity contribution in [3.8, 4) is 5.69 Å². The number of hydrogen-bond donors (Lipinski definition) is 1. The van der Waals surface area contributed by atoms with Crippen LogP contribution in [0, 0.1) is 11.8 Å². The molecular weight excluding hydrogens is 324 g/mol. The van der Waals surface area contributed by atoms with E-state index in [0.29, 0.717) is 17.4 Å². The molecular formula is C21H24N4O. The van der Waals surface area contributed by atoms with Crippen LogP contribution in [0.4, 0.5) is 0 Å². The Labute approximate surface area is 153 Å². The van der Waals surface area contributed by atoms with Crippen molar-refractivity contribution in [3.05, 3.63) is 54.5 Å². The van der Waals surface area contributed by atoms with Crippen LogP contribution in [0.5, 0.6) is 0 Å². The van der Waals surface area contributed by atoms with Gasteiger partial charge >= 0.3 is 0 Å². The van der Waals surface area contributed by atoms with Crippen molar-refractivity contribution in [2.24, 2.45) is 11.8 Å². The lowest BCUT2D eigenvalue weighted by molar-refractivity contribution is 0.0891. The third-order valence-corrected chi connectivity index (χ3v) is 5.74. The standard InChI is InChI=1S/C21H24N4O/c1-14-5-3-6-18(15(14)2)24-21(26)16-8-10-17(11-9-16)25-13-23-19-7-4-12-22-20(19)25/h4,7-15,18H,3,5-6H2,1-2H3,(H,24,26)/t14-,15+,18+/m1/s1. The van der Waals surface area contributed by atoms with Crippen molar-refractivity contribution < 1.29 is 4.79 Å². The van der Waals surface area contributed by atoms with Crippen LogP contribution >= 0.6 is 0 Å². The lowest BCUT2D eigenvalue weighted by atomic mass is 9.78. The van der Waals surface area contributed by atoms with Gasteiger partial charge in [0.05, 0.1) is 0 Å². The highest BCUT2D eigenvalue weighted by Gasteiger charge is 2.28. The summed E-state index contributed by atoms with van der Waals surface area (Å²) in [5.41, 5.74) is 3.31. The third-order valence-electron chi connectivity index (χ3n) is 5.74. The van der Waals surface area contributed by atoms with E-state index in [9.17, 15) is 4.79 Å². The average molecular weight is 348 g/mol. The van der Waals surface area contributed by atoms with E-state index < -0.39 is 0 Å². The maximum atomic E-state index is 12.6. The van der Waals surface area contributed by atoms with Crippen molar-refractivity contribution in [3.63, 3.8) is 0 Å². The second kappa shape index (κ2) is 6.90. The van der Waals surface area contributed by atoms with Crippen molar-refractivity contribution in [2.75, 3.05) is 0 Å². The smallest absolute Gasteiger partial charge is 0.251 e. The summed E-state index contributed by atoms with van der Waals surface area (Å²) in [6.07, 6.45) is 7.04. The molecule has 0 radical (unpaired) electrons. The number of nitrogens with zero attached hydrogens (tertiary/aromatic N) is 3. The molecule has 5 heteroatoms. The summed E-state index contributed by atoms with van der Waals surface area (Å²) in [5.74, 6) is 1.20. The molecule has 0 saturated heterocycles. The Morgan fingerprint density at radius 1 is 1.12 bits per heavy atom. The summed E-state index contributed by atoms with van der Waals surface area (Å²) < 4.78 is 1.93. The fourth-order valence-corrected chi connectivity index (χ4v) is 3.85. The van der Waals surface area contributed by atoms with Crippen LogP contribution < -0.4 is 5.32 Å². The molecule has 5 nitrogen and oxygen atoms in total. The van der Waals surface area contributed by atoms with Crippen molar-refractivity contribution in [1.82, 2.24) is 19.9 Å². The molecule has 2 heterocycles. The molecule has 1 saturated carbocycles. The van der Waals surface area contributed by atoms with Crippen molar-refractivity contribution >= 4 is 17.1 Å². The number of imidazole rings is 1. The monoisotopic (exact) mass is 348 g/mol. The molecule has 3 atom stereocenters. The first-order valence-corrected chi connectivity index (χ1v) is 9.33. The van der Waals surface area contributed by atoms with Gasteiger partial charge in [0, 0.05) is 23.5 Å². The Balaban J connectivity index is 1.51. The second-order valence-corrected chi connectivity index (χ2v) is 7.35.